The number of methoxy groups -OCH3 is 1. The van der Waals surface area contributed by atoms with Crippen molar-refractivity contribution in [1.29, 1.82) is 0 Å². The molecule has 8 nitrogen and oxygen atoms in total. The van der Waals surface area contributed by atoms with Crippen LogP contribution in [-0.2, 0) is 13.6 Å². The number of aromatic nitrogens is 6. The molecule has 0 amide bonds. The van der Waals surface area contributed by atoms with E-state index in [1.165, 1.54) is 17.5 Å². The molecule has 8 heteroatoms. The Labute approximate surface area is 190 Å². The van der Waals surface area contributed by atoms with Gasteiger partial charge in [0.05, 0.1) is 29.6 Å². The zero-order valence-corrected chi connectivity index (χ0v) is 18.8. The summed E-state index contributed by atoms with van der Waals surface area (Å²) in [5.74, 6) is 1.36. The lowest BCUT2D eigenvalue weighted by Crippen LogP contribution is -2.24. The lowest BCUT2D eigenvalue weighted by atomic mass is 10.1. The lowest BCUT2D eigenvalue weighted by molar-refractivity contribution is 0.415. The smallest absolute Gasteiger partial charge is 0.281 e. The minimum Gasteiger partial charge on any atom is -0.497 e. The fourth-order valence-electron chi connectivity index (χ4n) is 4.43. The number of ether oxygens (including phenoxy) is 1. The summed E-state index contributed by atoms with van der Waals surface area (Å²) in [6, 6.07) is 13.4. The summed E-state index contributed by atoms with van der Waals surface area (Å²) in [5, 5.41) is 15.0. The monoisotopic (exact) mass is 440 g/mol. The minimum absolute atomic E-state index is 0.173. The highest BCUT2D eigenvalue weighted by Crippen LogP contribution is 2.34. The first-order chi connectivity index (χ1) is 16.0. The van der Waals surface area contributed by atoms with Gasteiger partial charge in [-0.15, -0.1) is 0 Å². The molecule has 2 aromatic carbocycles. The van der Waals surface area contributed by atoms with Gasteiger partial charge >= 0.3 is 0 Å². The zero-order chi connectivity index (χ0) is 22.7. The number of fused-ring (bicyclic) bond motifs is 2. The fraction of sp³-hybridized carbons (Fsp3) is 0.280. The topological polar surface area (TPSA) is 79.8 Å². The van der Waals surface area contributed by atoms with Gasteiger partial charge in [-0.05, 0) is 61.6 Å². The minimum atomic E-state index is -0.173. The van der Waals surface area contributed by atoms with Crippen LogP contribution in [0.2, 0.25) is 0 Å². The zero-order valence-electron chi connectivity index (χ0n) is 18.8. The molecule has 1 saturated carbocycles. The average molecular weight is 441 g/mol. The van der Waals surface area contributed by atoms with Crippen molar-refractivity contribution in [3.05, 3.63) is 64.7 Å². The Morgan fingerprint density at radius 1 is 1.06 bits per heavy atom. The SMILES string of the molecule is COc1ccc(-c2c(=O)n(-c3ccc4nn(C)cc4c3)nc3c(C)nn(CC4CC4)c23)cc1. The largest absolute Gasteiger partial charge is 0.497 e. The van der Waals surface area contributed by atoms with Gasteiger partial charge < -0.3 is 4.74 Å². The second-order valence-electron chi connectivity index (χ2n) is 8.77. The van der Waals surface area contributed by atoms with Crippen molar-refractivity contribution in [3.63, 3.8) is 0 Å². The Hall–Kier alpha value is -3.94. The third-order valence-corrected chi connectivity index (χ3v) is 6.29. The van der Waals surface area contributed by atoms with Crippen LogP contribution in [0.4, 0.5) is 0 Å². The first-order valence-corrected chi connectivity index (χ1v) is 11.1. The van der Waals surface area contributed by atoms with E-state index in [1.54, 1.807) is 11.8 Å². The molecule has 0 spiro atoms. The molecule has 166 valence electrons. The van der Waals surface area contributed by atoms with Crippen molar-refractivity contribution in [1.82, 2.24) is 29.3 Å². The first-order valence-electron chi connectivity index (χ1n) is 11.1. The molecule has 1 aliphatic rings. The quantitative estimate of drug-likeness (QED) is 0.415. The Morgan fingerprint density at radius 3 is 2.58 bits per heavy atom. The first kappa shape index (κ1) is 19.7. The normalized spacial score (nSPS) is 13.8. The van der Waals surface area contributed by atoms with Gasteiger partial charge in [0.25, 0.3) is 5.56 Å². The highest BCUT2D eigenvalue weighted by molar-refractivity contribution is 5.92. The Kier molecular flexibility index (Phi) is 4.36. The van der Waals surface area contributed by atoms with E-state index >= 15 is 0 Å². The van der Waals surface area contributed by atoms with Crippen molar-refractivity contribution in [2.75, 3.05) is 7.11 Å². The van der Waals surface area contributed by atoms with Gasteiger partial charge in [-0.1, -0.05) is 12.1 Å². The molecule has 6 rings (SSSR count). The molecule has 0 saturated heterocycles. The number of benzene rings is 2. The van der Waals surface area contributed by atoms with E-state index < -0.39 is 0 Å². The molecular formula is C25H24N6O2. The van der Waals surface area contributed by atoms with E-state index in [0.29, 0.717) is 17.2 Å². The summed E-state index contributed by atoms with van der Waals surface area (Å²) in [6.07, 6.45) is 4.34. The van der Waals surface area contributed by atoms with Gasteiger partial charge in [0.1, 0.15) is 16.8 Å². The van der Waals surface area contributed by atoms with Crippen molar-refractivity contribution in [2.24, 2.45) is 13.0 Å². The van der Waals surface area contributed by atoms with E-state index in [-0.39, 0.29) is 5.56 Å². The third-order valence-electron chi connectivity index (χ3n) is 6.29. The van der Waals surface area contributed by atoms with Crippen molar-refractivity contribution < 1.29 is 4.74 Å². The van der Waals surface area contributed by atoms with Crippen molar-refractivity contribution in [2.45, 2.75) is 26.3 Å². The lowest BCUT2D eigenvalue weighted by Gasteiger charge is -2.12. The molecule has 3 aromatic heterocycles. The highest BCUT2D eigenvalue weighted by Gasteiger charge is 2.26. The molecule has 3 heterocycles. The molecule has 5 aromatic rings. The molecular weight excluding hydrogens is 416 g/mol. The molecule has 0 atom stereocenters. The van der Waals surface area contributed by atoms with Gasteiger partial charge in [-0.25, -0.2) is 0 Å². The summed E-state index contributed by atoms with van der Waals surface area (Å²) in [4.78, 5) is 13.9. The number of aryl methyl sites for hydroxylation is 2. The second kappa shape index (κ2) is 7.30. The summed E-state index contributed by atoms with van der Waals surface area (Å²) in [5.41, 5.74) is 5.19. The number of hydrogen-bond acceptors (Lipinski definition) is 5. The third kappa shape index (κ3) is 3.29. The van der Waals surface area contributed by atoms with Crippen LogP contribution < -0.4 is 10.3 Å². The van der Waals surface area contributed by atoms with Gasteiger partial charge in [0, 0.05) is 25.2 Å². The number of rotatable bonds is 5. The molecule has 0 N–H and O–H groups in total. The summed E-state index contributed by atoms with van der Waals surface area (Å²) in [6.45, 7) is 2.76. The average Bonchev–Trinajstić information content (AvgIpc) is 3.47. The van der Waals surface area contributed by atoms with Gasteiger partial charge in [0.15, 0.2) is 0 Å². The van der Waals surface area contributed by atoms with E-state index in [4.69, 9.17) is 14.9 Å². The molecule has 0 bridgehead atoms. The molecule has 1 aliphatic carbocycles. The number of hydrogen-bond donors (Lipinski definition) is 0. The van der Waals surface area contributed by atoms with Crippen LogP contribution in [0.25, 0.3) is 38.8 Å². The summed E-state index contributed by atoms with van der Waals surface area (Å²) < 4.78 is 10.6. The van der Waals surface area contributed by atoms with E-state index in [1.807, 2.05) is 67.3 Å². The van der Waals surface area contributed by atoms with Crippen molar-refractivity contribution >= 4 is 21.9 Å². The molecule has 0 aliphatic heterocycles. The molecule has 0 unspecified atom stereocenters. The van der Waals surface area contributed by atoms with E-state index in [0.717, 1.165) is 45.5 Å². The van der Waals surface area contributed by atoms with Crippen molar-refractivity contribution in [3.8, 4) is 22.6 Å². The second-order valence-corrected chi connectivity index (χ2v) is 8.77. The molecule has 0 radical (unpaired) electrons. The highest BCUT2D eigenvalue weighted by atomic mass is 16.5. The maximum Gasteiger partial charge on any atom is 0.281 e. The summed E-state index contributed by atoms with van der Waals surface area (Å²) >= 11 is 0. The maximum absolute atomic E-state index is 13.9. The van der Waals surface area contributed by atoms with Crippen LogP contribution in [0.5, 0.6) is 5.75 Å². The fourth-order valence-corrected chi connectivity index (χ4v) is 4.43. The number of nitrogens with zero attached hydrogens (tertiary/aromatic N) is 6. The standard InChI is InChI=1S/C25H24N6O2/c1-15-23-24(30(26-15)13-16-4-5-16)22(17-6-9-20(33-3)10-7-17)25(32)31(28-23)19-8-11-21-18(12-19)14-29(2)27-21/h6-12,14,16H,4-5,13H2,1-3H3. The van der Waals surface area contributed by atoms with Crippen LogP contribution in [0.1, 0.15) is 18.5 Å². The van der Waals surface area contributed by atoms with Crippen LogP contribution in [0.3, 0.4) is 0 Å². The predicted molar refractivity (Wildman–Crippen MR) is 127 cm³/mol. The summed E-state index contributed by atoms with van der Waals surface area (Å²) in [7, 11) is 3.52. The van der Waals surface area contributed by atoms with Gasteiger partial charge in [0.2, 0.25) is 0 Å². The van der Waals surface area contributed by atoms with E-state index in [2.05, 4.69) is 5.10 Å². The Balaban J connectivity index is 1.64. The Morgan fingerprint density at radius 2 is 1.85 bits per heavy atom. The molecule has 1 fully saturated rings. The van der Waals surface area contributed by atoms with Gasteiger partial charge in [-0.3, -0.25) is 14.2 Å². The van der Waals surface area contributed by atoms with Crippen LogP contribution in [0.15, 0.2) is 53.5 Å². The van der Waals surface area contributed by atoms with Crippen LogP contribution in [-0.4, -0.2) is 36.5 Å². The maximum atomic E-state index is 13.9. The molecule has 33 heavy (non-hydrogen) atoms. The van der Waals surface area contributed by atoms with Crippen LogP contribution >= 0.6 is 0 Å². The van der Waals surface area contributed by atoms with Crippen LogP contribution in [0, 0.1) is 12.8 Å². The van der Waals surface area contributed by atoms with Gasteiger partial charge in [-0.2, -0.15) is 20.0 Å². The van der Waals surface area contributed by atoms with E-state index in [9.17, 15) is 4.79 Å². The Bertz CT molecular complexity index is 1570. The predicted octanol–water partition coefficient (Wildman–Crippen LogP) is 3.86.